The zero-order chi connectivity index (χ0) is 16.0. The van der Waals surface area contributed by atoms with Crippen molar-refractivity contribution >= 4 is 29.4 Å². The van der Waals surface area contributed by atoms with Gasteiger partial charge in [-0.1, -0.05) is 0 Å². The first-order valence-corrected chi connectivity index (χ1v) is 6.42. The fraction of sp³-hybridized carbons (Fsp3) is 0.133. The molecule has 1 aliphatic carbocycles. The molecule has 0 saturated carbocycles. The Bertz CT molecular complexity index is 975. The number of aryl methyl sites for hydroxylation is 1. The van der Waals surface area contributed by atoms with Crippen molar-refractivity contribution in [2.45, 2.75) is 13.8 Å². The zero-order valence-electron chi connectivity index (χ0n) is 11.8. The Kier molecular flexibility index (Phi) is 2.98. The third-order valence-corrected chi connectivity index (χ3v) is 3.56. The van der Waals surface area contributed by atoms with E-state index in [0.29, 0.717) is 23.7 Å². The van der Waals surface area contributed by atoms with Crippen LogP contribution in [0.15, 0.2) is 15.4 Å². The molecule has 7 nitrogen and oxygen atoms in total. The highest BCUT2D eigenvalue weighted by Crippen LogP contribution is 2.32. The number of nitrogens with zero attached hydrogens (tertiary/aromatic N) is 2. The summed E-state index contributed by atoms with van der Waals surface area (Å²) in [5.41, 5.74) is 6.71. The molecule has 0 unspecified atom stereocenters. The van der Waals surface area contributed by atoms with Gasteiger partial charge in [-0.3, -0.25) is 19.4 Å². The van der Waals surface area contributed by atoms with E-state index in [0.717, 1.165) is 0 Å². The van der Waals surface area contributed by atoms with Gasteiger partial charge >= 0.3 is 0 Å². The van der Waals surface area contributed by atoms with Crippen LogP contribution in [0.2, 0.25) is 0 Å². The molecule has 1 aromatic heterocycles. The van der Waals surface area contributed by atoms with Gasteiger partial charge in [-0.25, -0.2) is 4.98 Å². The lowest BCUT2D eigenvalue weighted by atomic mass is 10.0. The number of aldehydes is 2. The van der Waals surface area contributed by atoms with Crippen LogP contribution >= 0.6 is 0 Å². The minimum Gasteiger partial charge on any atom is -0.452 e. The first kappa shape index (κ1) is 13.9. The van der Waals surface area contributed by atoms with E-state index in [9.17, 15) is 14.4 Å². The van der Waals surface area contributed by atoms with Crippen LogP contribution in [0.1, 0.15) is 32.0 Å². The number of nitrogens with two attached hydrogens (primary N) is 1. The van der Waals surface area contributed by atoms with E-state index in [1.54, 1.807) is 13.8 Å². The molecule has 7 heteroatoms. The van der Waals surface area contributed by atoms with Crippen molar-refractivity contribution in [2.75, 3.05) is 5.73 Å². The Balaban J connectivity index is 2.64. The molecule has 2 aliphatic rings. The van der Waals surface area contributed by atoms with Gasteiger partial charge in [-0.2, -0.15) is 0 Å². The summed E-state index contributed by atoms with van der Waals surface area (Å²) < 4.78 is 5.75. The average molecular weight is 297 g/mol. The van der Waals surface area contributed by atoms with Crippen LogP contribution in [0, 0.1) is 13.8 Å². The van der Waals surface area contributed by atoms with Gasteiger partial charge in [-0.15, -0.1) is 0 Å². The molecule has 3 rings (SSSR count). The maximum Gasteiger partial charge on any atom is 0.208 e. The standard InChI is InChI=1S/C15H11N3O4/c1-6-3-17-9(5-20)12-14(6)22-15-7(2)13(21)10(16)8(4-19)11(15)18-12/h3-5H,16H2,1-2H3. The number of pyridine rings is 1. The summed E-state index contributed by atoms with van der Waals surface area (Å²) in [5, 5.41) is 0. The number of carbonyl (C=O) groups is 2. The van der Waals surface area contributed by atoms with E-state index in [2.05, 4.69) is 9.97 Å². The van der Waals surface area contributed by atoms with Crippen LogP contribution in [0.5, 0.6) is 0 Å². The summed E-state index contributed by atoms with van der Waals surface area (Å²) >= 11 is 0. The number of anilines is 1. The monoisotopic (exact) mass is 297 g/mol. The number of rotatable bonds is 2. The normalized spacial score (nSPS) is 11.0. The number of nitrogen functional groups attached to an aromatic ring is 1. The lowest BCUT2D eigenvalue weighted by molar-refractivity contribution is 0.111. The Labute approximate surface area is 124 Å². The summed E-state index contributed by atoms with van der Waals surface area (Å²) in [6.45, 7) is 3.29. The Hall–Kier alpha value is -3.09. The van der Waals surface area contributed by atoms with E-state index < -0.39 is 5.43 Å². The van der Waals surface area contributed by atoms with E-state index in [4.69, 9.17) is 10.2 Å². The van der Waals surface area contributed by atoms with Crippen LogP contribution in [-0.4, -0.2) is 22.5 Å². The Morgan fingerprint density at radius 2 is 1.95 bits per heavy atom. The van der Waals surface area contributed by atoms with Gasteiger partial charge in [-0.05, 0) is 13.8 Å². The van der Waals surface area contributed by atoms with Gasteiger partial charge in [0.1, 0.15) is 16.9 Å². The molecule has 0 saturated heterocycles. The maximum absolute atomic E-state index is 12.1. The highest BCUT2D eigenvalue weighted by Gasteiger charge is 2.24. The number of hydrogen-bond acceptors (Lipinski definition) is 7. The summed E-state index contributed by atoms with van der Waals surface area (Å²) in [4.78, 5) is 42.7. The topological polar surface area (TPSA) is 116 Å². The molecule has 0 radical (unpaired) electrons. The molecule has 0 fully saturated rings. The van der Waals surface area contributed by atoms with Crippen molar-refractivity contribution in [3.8, 4) is 11.5 Å². The van der Waals surface area contributed by atoms with Crippen molar-refractivity contribution in [1.82, 2.24) is 9.97 Å². The molecule has 22 heavy (non-hydrogen) atoms. The third kappa shape index (κ3) is 1.72. The number of fused-ring (bicyclic) bond motifs is 2. The molecule has 0 spiro atoms. The predicted molar refractivity (Wildman–Crippen MR) is 79.4 cm³/mol. The molecular formula is C15H11N3O4. The number of carbonyl (C=O) groups excluding carboxylic acids is 2. The predicted octanol–water partition coefficient (Wildman–Crippen LogP) is 1.51. The van der Waals surface area contributed by atoms with Crippen molar-refractivity contribution in [3.63, 3.8) is 0 Å². The van der Waals surface area contributed by atoms with Gasteiger partial charge in [0.25, 0.3) is 0 Å². The van der Waals surface area contributed by atoms with Crippen LogP contribution in [-0.2, 0) is 0 Å². The van der Waals surface area contributed by atoms with Gasteiger partial charge in [0.05, 0.1) is 11.3 Å². The lowest BCUT2D eigenvalue weighted by Gasteiger charge is -2.13. The molecule has 1 aromatic rings. The summed E-state index contributed by atoms with van der Waals surface area (Å²) in [5.74, 6) is 0.181. The van der Waals surface area contributed by atoms with Gasteiger partial charge < -0.3 is 10.2 Å². The second kappa shape index (κ2) is 4.73. The second-order valence-corrected chi connectivity index (χ2v) is 4.91. The number of benzene rings is 1. The van der Waals surface area contributed by atoms with Crippen LogP contribution in [0.4, 0.5) is 5.69 Å². The molecular weight excluding hydrogens is 286 g/mol. The molecule has 2 N–H and O–H groups in total. The smallest absolute Gasteiger partial charge is 0.208 e. The van der Waals surface area contributed by atoms with Crippen LogP contribution in [0.3, 0.4) is 0 Å². The SMILES string of the molecule is Cc1c2oc3c(C)cnc(C=O)c3nc-2c(C=O)c(N)c1=O. The fourth-order valence-corrected chi connectivity index (χ4v) is 2.34. The van der Waals surface area contributed by atoms with E-state index in [-0.39, 0.29) is 39.5 Å². The van der Waals surface area contributed by atoms with Crippen molar-refractivity contribution in [1.29, 1.82) is 0 Å². The van der Waals surface area contributed by atoms with E-state index >= 15 is 0 Å². The fourth-order valence-electron chi connectivity index (χ4n) is 2.34. The average Bonchev–Trinajstić information content (AvgIpc) is 2.53. The molecule has 2 heterocycles. The second-order valence-electron chi connectivity index (χ2n) is 4.91. The lowest BCUT2D eigenvalue weighted by Crippen LogP contribution is -2.17. The Morgan fingerprint density at radius 3 is 2.59 bits per heavy atom. The quantitative estimate of drug-likeness (QED) is 0.433. The maximum atomic E-state index is 12.1. The van der Waals surface area contributed by atoms with Crippen molar-refractivity contribution < 1.29 is 14.0 Å². The first-order valence-electron chi connectivity index (χ1n) is 6.42. The van der Waals surface area contributed by atoms with E-state index in [1.165, 1.54) is 6.20 Å². The highest BCUT2D eigenvalue weighted by atomic mass is 16.3. The van der Waals surface area contributed by atoms with Crippen molar-refractivity contribution in [3.05, 3.63) is 38.8 Å². The summed E-state index contributed by atoms with van der Waals surface area (Å²) in [6.07, 6.45) is 2.49. The molecule has 110 valence electrons. The summed E-state index contributed by atoms with van der Waals surface area (Å²) in [7, 11) is 0. The highest BCUT2D eigenvalue weighted by molar-refractivity contribution is 5.97. The number of hydrogen-bond donors (Lipinski definition) is 1. The van der Waals surface area contributed by atoms with Gasteiger partial charge in [0, 0.05) is 17.3 Å². The summed E-state index contributed by atoms with van der Waals surface area (Å²) in [6, 6.07) is 0. The molecule has 0 bridgehead atoms. The molecule has 0 aromatic carbocycles. The molecule has 0 amide bonds. The Morgan fingerprint density at radius 1 is 1.23 bits per heavy atom. The minimum atomic E-state index is -0.471. The van der Waals surface area contributed by atoms with Crippen molar-refractivity contribution in [2.24, 2.45) is 0 Å². The molecule has 0 atom stereocenters. The van der Waals surface area contributed by atoms with Gasteiger partial charge in [0.2, 0.25) is 5.43 Å². The minimum absolute atomic E-state index is 0.0467. The van der Waals surface area contributed by atoms with Crippen LogP contribution < -0.4 is 11.2 Å². The van der Waals surface area contributed by atoms with E-state index in [1.807, 2.05) is 0 Å². The zero-order valence-corrected chi connectivity index (χ0v) is 11.8. The first-order chi connectivity index (χ1) is 10.5. The molecule has 1 aliphatic heterocycles. The third-order valence-electron chi connectivity index (χ3n) is 3.56. The van der Waals surface area contributed by atoms with Gasteiger partial charge in [0.15, 0.2) is 23.9 Å². The number of aromatic nitrogens is 2. The van der Waals surface area contributed by atoms with Crippen LogP contribution in [0.25, 0.3) is 22.6 Å². The largest absolute Gasteiger partial charge is 0.452 e.